The number of carbonyl (C=O) groups is 1. The molecule has 0 aliphatic heterocycles. The van der Waals surface area contributed by atoms with Crippen LogP contribution < -0.4 is 10.1 Å². The van der Waals surface area contributed by atoms with E-state index in [9.17, 15) is 13.2 Å². The van der Waals surface area contributed by atoms with Gasteiger partial charge in [0.25, 0.3) is 11.8 Å². The van der Waals surface area contributed by atoms with E-state index < -0.39 is 10.0 Å². The van der Waals surface area contributed by atoms with Crippen molar-refractivity contribution >= 4 is 21.6 Å². The number of rotatable bonds is 6. The molecule has 0 saturated carbocycles. The molecule has 2 aromatic heterocycles. The first kappa shape index (κ1) is 18.7. The minimum Gasteiger partial charge on any atom is -0.478 e. The van der Waals surface area contributed by atoms with E-state index >= 15 is 0 Å². The molecular formula is C16H18N6O4S. The molecular weight excluding hydrogens is 372 g/mol. The molecule has 0 saturated heterocycles. The monoisotopic (exact) mass is 390 g/mol. The summed E-state index contributed by atoms with van der Waals surface area (Å²) in [4.78, 5) is 16.5. The lowest BCUT2D eigenvalue weighted by atomic mass is 10.2. The number of sulfonamides is 1. The molecule has 0 atom stereocenters. The van der Waals surface area contributed by atoms with Gasteiger partial charge in [0.2, 0.25) is 15.7 Å². The number of fused-ring (bicyclic) bond motifs is 1. The van der Waals surface area contributed by atoms with Gasteiger partial charge in [0.05, 0.1) is 18.6 Å². The zero-order chi connectivity index (χ0) is 19.6. The van der Waals surface area contributed by atoms with Gasteiger partial charge in [-0.2, -0.15) is 0 Å². The SMILES string of the molecule is COc1nccn2c(CNC(=O)c3ccc(S(=O)(=O)N(C)C)cc3)nnc12. The Morgan fingerprint density at radius 3 is 2.56 bits per heavy atom. The highest BCUT2D eigenvalue weighted by Gasteiger charge is 2.18. The molecule has 0 radical (unpaired) electrons. The number of aromatic nitrogens is 4. The van der Waals surface area contributed by atoms with Gasteiger partial charge in [-0.25, -0.2) is 17.7 Å². The van der Waals surface area contributed by atoms with Crippen LogP contribution in [0.4, 0.5) is 0 Å². The predicted octanol–water partition coefficient (Wildman–Crippen LogP) is 0.313. The van der Waals surface area contributed by atoms with Crippen LogP contribution in [0.3, 0.4) is 0 Å². The van der Waals surface area contributed by atoms with Crippen molar-refractivity contribution in [2.75, 3.05) is 21.2 Å². The summed E-state index contributed by atoms with van der Waals surface area (Å²) in [7, 11) is 0.844. The molecule has 27 heavy (non-hydrogen) atoms. The number of benzene rings is 1. The summed E-state index contributed by atoms with van der Waals surface area (Å²) >= 11 is 0. The number of hydrogen-bond acceptors (Lipinski definition) is 7. The molecule has 10 nitrogen and oxygen atoms in total. The molecule has 0 aliphatic rings. The van der Waals surface area contributed by atoms with E-state index in [1.165, 1.54) is 45.5 Å². The van der Waals surface area contributed by atoms with Crippen molar-refractivity contribution in [2.24, 2.45) is 0 Å². The summed E-state index contributed by atoms with van der Waals surface area (Å²) in [5.74, 6) is 0.479. The van der Waals surface area contributed by atoms with Gasteiger partial charge >= 0.3 is 0 Å². The Hall–Kier alpha value is -3.05. The van der Waals surface area contributed by atoms with Crippen molar-refractivity contribution < 1.29 is 17.9 Å². The first-order valence-electron chi connectivity index (χ1n) is 7.88. The number of nitrogens with zero attached hydrogens (tertiary/aromatic N) is 5. The summed E-state index contributed by atoms with van der Waals surface area (Å²) in [6, 6.07) is 5.71. The molecule has 1 amide bonds. The van der Waals surface area contributed by atoms with Gasteiger partial charge in [0.15, 0.2) is 5.82 Å². The Morgan fingerprint density at radius 1 is 1.22 bits per heavy atom. The molecule has 1 N–H and O–H groups in total. The number of amides is 1. The minimum atomic E-state index is -3.54. The summed E-state index contributed by atoms with van der Waals surface area (Å²) in [6.07, 6.45) is 3.21. The average Bonchev–Trinajstić information content (AvgIpc) is 3.09. The molecule has 0 aliphatic carbocycles. The number of carbonyl (C=O) groups excluding carboxylic acids is 1. The van der Waals surface area contributed by atoms with E-state index in [0.717, 1.165) is 4.31 Å². The van der Waals surface area contributed by atoms with E-state index in [4.69, 9.17) is 4.74 Å². The molecule has 0 bridgehead atoms. The van der Waals surface area contributed by atoms with E-state index in [1.807, 2.05) is 0 Å². The fourth-order valence-electron chi connectivity index (χ4n) is 2.37. The topological polar surface area (TPSA) is 119 Å². The first-order chi connectivity index (χ1) is 12.8. The Bertz CT molecular complexity index is 1080. The summed E-state index contributed by atoms with van der Waals surface area (Å²) < 4.78 is 32.0. The Labute approximate surface area is 155 Å². The van der Waals surface area contributed by atoms with Crippen molar-refractivity contribution in [2.45, 2.75) is 11.4 Å². The second-order valence-corrected chi connectivity index (χ2v) is 7.89. The van der Waals surface area contributed by atoms with Crippen LogP contribution in [-0.2, 0) is 16.6 Å². The molecule has 0 spiro atoms. The average molecular weight is 390 g/mol. The highest BCUT2D eigenvalue weighted by atomic mass is 32.2. The van der Waals surface area contributed by atoms with Crippen LogP contribution in [-0.4, -0.2) is 59.4 Å². The summed E-state index contributed by atoms with van der Waals surface area (Å²) in [5.41, 5.74) is 0.781. The van der Waals surface area contributed by atoms with Gasteiger partial charge in [-0.15, -0.1) is 10.2 Å². The molecule has 1 aromatic carbocycles. The minimum absolute atomic E-state index is 0.118. The quantitative estimate of drug-likeness (QED) is 0.643. The molecule has 3 aromatic rings. The Morgan fingerprint density at radius 2 is 1.93 bits per heavy atom. The van der Waals surface area contributed by atoms with E-state index in [1.54, 1.807) is 16.8 Å². The highest BCUT2D eigenvalue weighted by Crippen LogP contribution is 2.15. The fraction of sp³-hybridized carbons (Fsp3) is 0.250. The molecule has 0 unspecified atom stereocenters. The van der Waals surface area contributed by atoms with Crippen molar-refractivity contribution in [3.05, 3.63) is 48.0 Å². The Kier molecular flexibility index (Phi) is 5.06. The van der Waals surface area contributed by atoms with Gasteiger partial charge in [0, 0.05) is 32.1 Å². The smallest absolute Gasteiger partial charge is 0.260 e. The first-order valence-corrected chi connectivity index (χ1v) is 9.32. The Balaban J connectivity index is 1.73. The van der Waals surface area contributed by atoms with Crippen molar-refractivity contribution in [1.29, 1.82) is 0 Å². The van der Waals surface area contributed by atoms with Crippen LogP contribution in [0.2, 0.25) is 0 Å². The van der Waals surface area contributed by atoms with Crippen LogP contribution in [0.1, 0.15) is 16.2 Å². The van der Waals surface area contributed by atoms with Gasteiger partial charge in [-0.3, -0.25) is 9.20 Å². The lowest BCUT2D eigenvalue weighted by molar-refractivity contribution is 0.0949. The molecule has 142 valence electrons. The van der Waals surface area contributed by atoms with Gasteiger partial charge in [-0.05, 0) is 24.3 Å². The molecule has 3 rings (SSSR count). The van der Waals surface area contributed by atoms with E-state index in [0.29, 0.717) is 22.9 Å². The van der Waals surface area contributed by atoms with Crippen LogP contribution in [0.25, 0.3) is 5.65 Å². The third-order valence-corrected chi connectivity index (χ3v) is 5.69. The fourth-order valence-corrected chi connectivity index (χ4v) is 3.27. The lowest BCUT2D eigenvalue weighted by Crippen LogP contribution is -2.25. The lowest BCUT2D eigenvalue weighted by Gasteiger charge is -2.11. The number of hydrogen-bond donors (Lipinski definition) is 1. The summed E-state index contributed by atoms with van der Waals surface area (Å²) in [5, 5.41) is 10.8. The maximum atomic E-state index is 12.3. The number of ether oxygens (including phenoxy) is 1. The van der Waals surface area contributed by atoms with Gasteiger partial charge < -0.3 is 10.1 Å². The van der Waals surface area contributed by atoms with Crippen molar-refractivity contribution in [1.82, 2.24) is 29.2 Å². The number of methoxy groups -OCH3 is 1. The second kappa shape index (κ2) is 7.29. The predicted molar refractivity (Wildman–Crippen MR) is 95.8 cm³/mol. The maximum Gasteiger partial charge on any atom is 0.260 e. The zero-order valence-electron chi connectivity index (χ0n) is 14.9. The molecule has 0 fully saturated rings. The van der Waals surface area contributed by atoms with Gasteiger partial charge in [-0.1, -0.05) is 0 Å². The number of nitrogens with one attached hydrogen (secondary N) is 1. The highest BCUT2D eigenvalue weighted by molar-refractivity contribution is 7.89. The molecule has 2 heterocycles. The van der Waals surface area contributed by atoms with Crippen LogP contribution in [0.15, 0.2) is 41.6 Å². The van der Waals surface area contributed by atoms with Crippen molar-refractivity contribution in [3.63, 3.8) is 0 Å². The van der Waals surface area contributed by atoms with E-state index in [2.05, 4.69) is 20.5 Å². The summed E-state index contributed by atoms with van der Waals surface area (Å²) in [6.45, 7) is 0.130. The second-order valence-electron chi connectivity index (χ2n) is 5.74. The third kappa shape index (κ3) is 3.59. The van der Waals surface area contributed by atoms with Crippen LogP contribution >= 0.6 is 0 Å². The zero-order valence-corrected chi connectivity index (χ0v) is 15.8. The van der Waals surface area contributed by atoms with Crippen LogP contribution in [0, 0.1) is 0 Å². The van der Waals surface area contributed by atoms with Gasteiger partial charge in [0.1, 0.15) is 0 Å². The largest absolute Gasteiger partial charge is 0.478 e. The standard InChI is InChI=1S/C16H18N6O4S/c1-21(2)27(24,25)12-6-4-11(5-7-12)15(23)18-10-13-19-20-14-16(26-3)17-8-9-22(13)14/h4-9H,10H2,1-3H3,(H,18,23). The molecule has 11 heteroatoms. The normalized spacial score (nSPS) is 11.7. The van der Waals surface area contributed by atoms with Crippen molar-refractivity contribution in [3.8, 4) is 5.88 Å². The maximum absolute atomic E-state index is 12.3. The van der Waals surface area contributed by atoms with Crippen LogP contribution in [0.5, 0.6) is 5.88 Å². The van der Waals surface area contributed by atoms with E-state index in [-0.39, 0.29) is 17.3 Å². The third-order valence-electron chi connectivity index (χ3n) is 3.86.